The Bertz CT molecular complexity index is 1190. The third-order valence-corrected chi connectivity index (χ3v) is 6.50. The standard InChI is InChI=1S/C24H30N8O3/c1-34-23(33)19-13-20(25)29-24(28-19)27-15-16-4-7-32(8-5-16)22-17-3-2-6-26-18(17)14-21(30-22)31-9-11-35-12-10-31/h2-3,6,13-14,16H,4-5,7-12,15H2,1H3,(H3,25,27,28,29). The van der Waals surface area contributed by atoms with Gasteiger partial charge in [0.05, 0.1) is 25.8 Å². The van der Waals surface area contributed by atoms with Gasteiger partial charge in [0.25, 0.3) is 0 Å². The molecule has 0 radical (unpaired) electrons. The maximum Gasteiger partial charge on any atom is 0.356 e. The second-order valence-electron chi connectivity index (χ2n) is 8.78. The first kappa shape index (κ1) is 23.0. The molecule has 0 aliphatic carbocycles. The van der Waals surface area contributed by atoms with Gasteiger partial charge in [-0.3, -0.25) is 4.98 Å². The van der Waals surface area contributed by atoms with Crippen molar-refractivity contribution < 1.29 is 14.3 Å². The summed E-state index contributed by atoms with van der Waals surface area (Å²) in [5.74, 6) is 2.41. The van der Waals surface area contributed by atoms with Crippen LogP contribution in [0.5, 0.6) is 0 Å². The number of nitrogens with one attached hydrogen (secondary N) is 1. The van der Waals surface area contributed by atoms with Crippen LogP contribution in [0.3, 0.4) is 0 Å². The first-order valence-corrected chi connectivity index (χ1v) is 11.9. The van der Waals surface area contributed by atoms with Gasteiger partial charge >= 0.3 is 5.97 Å². The predicted octanol–water partition coefficient (Wildman–Crippen LogP) is 1.95. The minimum absolute atomic E-state index is 0.143. The smallest absolute Gasteiger partial charge is 0.356 e. The predicted molar refractivity (Wildman–Crippen MR) is 134 cm³/mol. The van der Waals surface area contributed by atoms with E-state index in [1.807, 2.05) is 12.3 Å². The minimum atomic E-state index is -0.538. The van der Waals surface area contributed by atoms with E-state index in [9.17, 15) is 4.79 Å². The van der Waals surface area contributed by atoms with E-state index in [0.717, 1.165) is 61.6 Å². The largest absolute Gasteiger partial charge is 0.464 e. The van der Waals surface area contributed by atoms with Crippen LogP contribution in [0, 0.1) is 5.92 Å². The number of fused-ring (bicyclic) bond motifs is 1. The Kier molecular flexibility index (Phi) is 6.75. The lowest BCUT2D eigenvalue weighted by Gasteiger charge is -2.34. The highest BCUT2D eigenvalue weighted by Crippen LogP contribution is 2.31. The number of methoxy groups -OCH3 is 1. The summed E-state index contributed by atoms with van der Waals surface area (Å²) in [4.78, 5) is 34.5. The molecule has 5 rings (SSSR count). The van der Waals surface area contributed by atoms with Crippen LogP contribution in [0.1, 0.15) is 23.3 Å². The molecule has 3 N–H and O–H groups in total. The van der Waals surface area contributed by atoms with Crippen molar-refractivity contribution in [1.82, 2.24) is 19.9 Å². The normalized spacial score (nSPS) is 16.9. The van der Waals surface area contributed by atoms with Crippen LogP contribution >= 0.6 is 0 Å². The molecule has 0 unspecified atom stereocenters. The lowest BCUT2D eigenvalue weighted by molar-refractivity contribution is 0.0594. The quantitative estimate of drug-likeness (QED) is 0.504. The second kappa shape index (κ2) is 10.3. The number of morpholine rings is 1. The van der Waals surface area contributed by atoms with Gasteiger partial charge in [0.1, 0.15) is 17.5 Å². The summed E-state index contributed by atoms with van der Waals surface area (Å²) in [6, 6.07) is 7.55. The summed E-state index contributed by atoms with van der Waals surface area (Å²) in [5, 5.41) is 4.31. The van der Waals surface area contributed by atoms with Crippen LogP contribution in [-0.2, 0) is 9.47 Å². The van der Waals surface area contributed by atoms with E-state index in [1.165, 1.54) is 13.2 Å². The fourth-order valence-electron chi connectivity index (χ4n) is 4.58. The number of aromatic nitrogens is 4. The Morgan fingerprint density at radius 2 is 1.94 bits per heavy atom. The monoisotopic (exact) mass is 478 g/mol. The van der Waals surface area contributed by atoms with Gasteiger partial charge in [-0.2, -0.15) is 4.98 Å². The minimum Gasteiger partial charge on any atom is -0.464 e. The van der Waals surface area contributed by atoms with Crippen LogP contribution in [-0.4, -0.2) is 79.0 Å². The van der Waals surface area contributed by atoms with Crippen molar-refractivity contribution in [2.24, 2.45) is 5.92 Å². The fraction of sp³-hybridized carbons (Fsp3) is 0.458. The number of rotatable bonds is 6. The lowest BCUT2D eigenvalue weighted by atomic mass is 9.96. The second-order valence-corrected chi connectivity index (χ2v) is 8.78. The van der Waals surface area contributed by atoms with Crippen LogP contribution in [0.2, 0.25) is 0 Å². The number of nitrogens with two attached hydrogens (primary N) is 1. The third-order valence-electron chi connectivity index (χ3n) is 6.50. The first-order valence-electron chi connectivity index (χ1n) is 11.9. The molecule has 0 saturated carbocycles. The summed E-state index contributed by atoms with van der Waals surface area (Å²) in [6.45, 7) is 5.58. The highest BCUT2D eigenvalue weighted by Gasteiger charge is 2.24. The van der Waals surface area contributed by atoms with Gasteiger partial charge in [0.15, 0.2) is 5.69 Å². The van der Waals surface area contributed by atoms with Gasteiger partial charge in [0, 0.05) is 56.4 Å². The number of piperidine rings is 1. The van der Waals surface area contributed by atoms with E-state index < -0.39 is 5.97 Å². The van der Waals surface area contributed by atoms with Gasteiger partial charge in [-0.05, 0) is 30.9 Å². The summed E-state index contributed by atoms with van der Waals surface area (Å²) in [7, 11) is 1.31. The zero-order valence-corrected chi connectivity index (χ0v) is 19.8. The number of hydrogen-bond acceptors (Lipinski definition) is 11. The third kappa shape index (κ3) is 5.19. The average Bonchev–Trinajstić information content (AvgIpc) is 2.91. The Morgan fingerprint density at radius 1 is 1.14 bits per heavy atom. The van der Waals surface area contributed by atoms with Gasteiger partial charge < -0.3 is 30.3 Å². The molecule has 2 saturated heterocycles. The summed E-state index contributed by atoms with van der Waals surface area (Å²) in [6.07, 6.45) is 3.81. The maximum atomic E-state index is 11.8. The van der Waals surface area contributed by atoms with E-state index >= 15 is 0 Å². The molecule has 11 nitrogen and oxygen atoms in total. The van der Waals surface area contributed by atoms with Crippen LogP contribution < -0.4 is 20.9 Å². The molecule has 184 valence electrons. The van der Waals surface area contributed by atoms with E-state index in [2.05, 4.69) is 42.2 Å². The summed E-state index contributed by atoms with van der Waals surface area (Å²) < 4.78 is 10.2. The zero-order chi connectivity index (χ0) is 24.2. The number of nitrogen functional groups attached to an aromatic ring is 1. The lowest BCUT2D eigenvalue weighted by Crippen LogP contribution is -2.38. The highest BCUT2D eigenvalue weighted by molar-refractivity contribution is 5.91. The molecule has 2 aliphatic heterocycles. The van der Waals surface area contributed by atoms with E-state index in [1.54, 1.807) is 0 Å². The van der Waals surface area contributed by atoms with Crippen LogP contribution in [0.4, 0.5) is 23.4 Å². The van der Waals surface area contributed by atoms with Crippen molar-refractivity contribution in [1.29, 1.82) is 0 Å². The molecule has 3 aromatic heterocycles. The van der Waals surface area contributed by atoms with Gasteiger partial charge in [-0.25, -0.2) is 14.8 Å². The number of ether oxygens (including phenoxy) is 2. The summed E-state index contributed by atoms with van der Waals surface area (Å²) >= 11 is 0. The van der Waals surface area contributed by atoms with Gasteiger partial charge in [0.2, 0.25) is 5.95 Å². The molecular formula is C24H30N8O3. The van der Waals surface area contributed by atoms with Crippen molar-refractivity contribution in [2.45, 2.75) is 12.8 Å². The number of pyridine rings is 2. The number of anilines is 4. The molecule has 35 heavy (non-hydrogen) atoms. The first-order chi connectivity index (χ1) is 17.1. The Morgan fingerprint density at radius 3 is 2.71 bits per heavy atom. The van der Waals surface area contributed by atoms with E-state index in [0.29, 0.717) is 31.6 Å². The molecule has 11 heteroatoms. The highest BCUT2D eigenvalue weighted by atomic mass is 16.5. The Balaban J connectivity index is 1.26. The van der Waals surface area contributed by atoms with E-state index in [-0.39, 0.29) is 11.5 Å². The number of esters is 1. The zero-order valence-electron chi connectivity index (χ0n) is 19.8. The fourth-order valence-corrected chi connectivity index (χ4v) is 4.58. The molecule has 0 bridgehead atoms. The van der Waals surface area contributed by atoms with Crippen LogP contribution in [0.25, 0.3) is 10.9 Å². The van der Waals surface area contributed by atoms with Crippen molar-refractivity contribution in [2.75, 3.05) is 73.9 Å². The maximum absolute atomic E-state index is 11.8. The van der Waals surface area contributed by atoms with Crippen LogP contribution in [0.15, 0.2) is 30.5 Å². The van der Waals surface area contributed by atoms with Crippen molar-refractivity contribution in [3.05, 3.63) is 36.2 Å². The molecule has 3 aromatic rings. The Labute approximate surface area is 203 Å². The molecule has 2 fully saturated rings. The molecular weight excluding hydrogens is 448 g/mol. The topological polar surface area (TPSA) is 132 Å². The number of carbonyl (C=O) groups is 1. The van der Waals surface area contributed by atoms with Gasteiger partial charge in [-0.1, -0.05) is 0 Å². The summed E-state index contributed by atoms with van der Waals surface area (Å²) in [5.41, 5.74) is 6.93. The Hall–Kier alpha value is -3.73. The SMILES string of the molecule is COC(=O)c1cc(N)nc(NCC2CCN(c3nc(N4CCOCC4)cc4ncccc34)CC2)n1. The van der Waals surface area contributed by atoms with Gasteiger partial charge in [-0.15, -0.1) is 0 Å². The molecule has 0 aromatic carbocycles. The molecule has 0 amide bonds. The molecule has 0 spiro atoms. The molecule has 0 atom stereocenters. The average molecular weight is 479 g/mol. The van der Waals surface area contributed by atoms with E-state index in [4.69, 9.17) is 20.2 Å². The number of carbonyl (C=O) groups excluding carboxylic acids is 1. The number of nitrogens with zero attached hydrogens (tertiary/aromatic N) is 6. The van der Waals surface area contributed by atoms with Crippen molar-refractivity contribution in [3.8, 4) is 0 Å². The van der Waals surface area contributed by atoms with Crippen molar-refractivity contribution in [3.63, 3.8) is 0 Å². The van der Waals surface area contributed by atoms with Crippen molar-refractivity contribution >= 4 is 40.3 Å². The molecule has 2 aliphatic rings. The molecule has 5 heterocycles. The number of hydrogen-bond donors (Lipinski definition) is 2.